The molecule has 0 aromatic carbocycles. The van der Waals surface area contributed by atoms with E-state index in [4.69, 9.17) is 0 Å². The minimum absolute atomic E-state index is 0. The monoisotopic (exact) mass is 288 g/mol. The van der Waals surface area contributed by atoms with Gasteiger partial charge in [0.05, 0.1) is 0 Å². The Labute approximate surface area is 123 Å². The van der Waals surface area contributed by atoms with Crippen molar-refractivity contribution in [2.45, 2.75) is 46.0 Å². The van der Waals surface area contributed by atoms with Crippen molar-refractivity contribution in [3.8, 4) is 0 Å². The number of carbonyl (C=O) groups is 1. The van der Waals surface area contributed by atoms with Crippen LogP contribution in [0.1, 0.15) is 46.0 Å². The van der Waals surface area contributed by atoms with Crippen molar-refractivity contribution >= 4 is 18.3 Å². The molecule has 2 heterocycles. The van der Waals surface area contributed by atoms with E-state index < -0.39 is 0 Å². The van der Waals surface area contributed by atoms with E-state index in [1.165, 1.54) is 19.3 Å². The molecule has 4 heteroatoms. The molecule has 3 atom stereocenters. The molecule has 1 amide bonds. The number of unbranched alkanes of at least 4 members (excludes halogenated alkanes) is 1. The highest BCUT2D eigenvalue weighted by Gasteiger charge is 2.38. The first-order valence-corrected chi connectivity index (χ1v) is 7.73. The van der Waals surface area contributed by atoms with Crippen molar-refractivity contribution in [3.63, 3.8) is 0 Å². The number of nitrogens with one attached hydrogen (secondary N) is 1. The van der Waals surface area contributed by atoms with Gasteiger partial charge >= 0.3 is 0 Å². The predicted molar refractivity (Wildman–Crippen MR) is 81.6 cm³/mol. The third kappa shape index (κ3) is 4.35. The van der Waals surface area contributed by atoms with Gasteiger partial charge in [-0.05, 0) is 24.2 Å². The molecule has 112 valence electrons. The quantitative estimate of drug-likeness (QED) is 0.815. The molecule has 2 aliphatic heterocycles. The number of halogens is 1. The topological polar surface area (TPSA) is 32.3 Å². The summed E-state index contributed by atoms with van der Waals surface area (Å²) in [4.78, 5) is 14.4. The third-order valence-electron chi connectivity index (χ3n) is 4.75. The molecule has 1 unspecified atom stereocenters. The number of hydrogen-bond acceptors (Lipinski definition) is 2. The molecule has 2 fully saturated rings. The Bertz CT molecular complexity index is 273. The van der Waals surface area contributed by atoms with Crippen LogP contribution >= 0.6 is 12.4 Å². The molecule has 0 aliphatic carbocycles. The Kier molecular flexibility index (Phi) is 7.16. The van der Waals surface area contributed by atoms with Crippen LogP contribution in [0.3, 0.4) is 0 Å². The lowest BCUT2D eigenvalue weighted by molar-refractivity contribution is -0.131. The molecule has 2 rings (SSSR count). The van der Waals surface area contributed by atoms with E-state index in [1.54, 1.807) is 0 Å². The summed E-state index contributed by atoms with van der Waals surface area (Å²) in [7, 11) is 0. The number of amides is 1. The second kappa shape index (κ2) is 8.11. The van der Waals surface area contributed by atoms with Crippen LogP contribution in [0.25, 0.3) is 0 Å². The average molecular weight is 289 g/mol. The van der Waals surface area contributed by atoms with Crippen LogP contribution in [-0.2, 0) is 4.79 Å². The molecule has 2 aliphatic rings. The zero-order valence-corrected chi connectivity index (χ0v) is 13.2. The van der Waals surface area contributed by atoms with Gasteiger partial charge in [0.25, 0.3) is 0 Å². The minimum Gasteiger partial charge on any atom is -0.342 e. The van der Waals surface area contributed by atoms with E-state index >= 15 is 0 Å². The van der Waals surface area contributed by atoms with E-state index in [2.05, 4.69) is 24.1 Å². The van der Waals surface area contributed by atoms with Gasteiger partial charge in [0.1, 0.15) is 0 Å². The van der Waals surface area contributed by atoms with Crippen molar-refractivity contribution in [3.05, 3.63) is 0 Å². The molecular weight excluding hydrogens is 260 g/mol. The van der Waals surface area contributed by atoms with Gasteiger partial charge in [-0.25, -0.2) is 0 Å². The van der Waals surface area contributed by atoms with Crippen molar-refractivity contribution in [2.75, 3.05) is 26.2 Å². The fraction of sp³-hybridized carbons (Fsp3) is 0.933. The van der Waals surface area contributed by atoms with E-state index in [9.17, 15) is 4.79 Å². The maximum atomic E-state index is 12.3. The Morgan fingerprint density at radius 2 is 1.89 bits per heavy atom. The molecule has 0 radical (unpaired) electrons. The highest BCUT2D eigenvalue weighted by atomic mass is 35.5. The highest BCUT2D eigenvalue weighted by molar-refractivity contribution is 5.85. The Morgan fingerprint density at radius 1 is 1.26 bits per heavy atom. The van der Waals surface area contributed by atoms with Gasteiger partial charge in [0, 0.05) is 32.6 Å². The number of likely N-dealkylation sites (tertiary alicyclic amines) is 1. The lowest BCUT2D eigenvalue weighted by Crippen LogP contribution is -2.33. The number of fused-ring (bicyclic) bond motifs is 1. The van der Waals surface area contributed by atoms with Crippen LogP contribution in [0.5, 0.6) is 0 Å². The maximum Gasteiger partial charge on any atom is 0.222 e. The lowest BCUT2D eigenvalue weighted by atomic mass is 9.95. The molecule has 3 nitrogen and oxygen atoms in total. The van der Waals surface area contributed by atoms with Crippen LogP contribution in [0.4, 0.5) is 0 Å². The summed E-state index contributed by atoms with van der Waals surface area (Å²) in [5.41, 5.74) is 0. The summed E-state index contributed by atoms with van der Waals surface area (Å²) in [5.74, 6) is 2.47. The number of hydrogen-bond donors (Lipinski definition) is 1. The summed E-state index contributed by atoms with van der Waals surface area (Å²) in [5, 5.41) is 3.43. The minimum atomic E-state index is 0. The first-order chi connectivity index (χ1) is 8.74. The van der Waals surface area contributed by atoms with Crippen LogP contribution in [0.2, 0.25) is 0 Å². The zero-order valence-electron chi connectivity index (χ0n) is 12.4. The molecule has 2 saturated heterocycles. The third-order valence-corrected chi connectivity index (χ3v) is 4.75. The van der Waals surface area contributed by atoms with Crippen LogP contribution in [-0.4, -0.2) is 37.0 Å². The van der Waals surface area contributed by atoms with Crippen molar-refractivity contribution < 1.29 is 4.79 Å². The number of rotatable bonds is 6. The Hall–Kier alpha value is -0.280. The van der Waals surface area contributed by atoms with E-state index in [-0.39, 0.29) is 12.4 Å². The molecule has 19 heavy (non-hydrogen) atoms. The van der Waals surface area contributed by atoms with Gasteiger partial charge < -0.3 is 10.2 Å². The molecule has 0 aromatic rings. The van der Waals surface area contributed by atoms with Gasteiger partial charge in [-0.1, -0.05) is 33.1 Å². The van der Waals surface area contributed by atoms with Crippen molar-refractivity contribution in [1.29, 1.82) is 0 Å². The summed E-state index contributed by atoms with van der Waals surface area (Å²) in [6.45, 7) is 8.67. The predicted octanol–water partition coefficient (Wildman–Crippen LogP) is 2.69. The van der Waals surface area contributed by atoms with E-state index in [0.717, 1.165) is 50.9 Å². The van der Waals surface area contributed by atoms with Gasteiger partial charge in [-0.3, -0.25) is 4.79 Å². The highest BCUT2D eigenvalue weighted by Crippen LogP contribution is 2.28. The fourth-order valence-corrected chi connectivity index (χ4v) is 3.38. The van der Waals surface area contributed by atoms with Crippen LogP contribution < -0.4 is 5.32 Å². The second-order valence-corrected chi connectivity index (χ2v) is 6.10. The van der Waals surface area contributed by atoms with Gasteiger partial charge in [-0.15, -0.1) is 12.4 Å². The standard InChI is InChI=1S/C15H28N2O.ClH/c1-3-5-6-12(4-2)7-15(18)17-10-13-8-16-9-14(13)11-17;/h12-14,16H,3-11H2,1-2H3;1H/t12?,13-,14+;. The molecule has 0 aromatic heterocycles. The second-order valence-electron chi connectivity index (χ2n) is 6.10. The van der Waals surface area contributed by atoms with Gasteiger partial charge in [0.2, 0.25) is 5.91 Å². The average Bonchev–Trinajstić information content (AvgIpc) is 2.94. The molecular formula is C15H29ClN2O. The number of carbonyl (C=O) groups excluding carboxylic acids is 1. The molecule has 0 saturated carbocycles. The maximum absolute atomic E-state index is 12.3. The van der Waals surface area contributed by atoms with E-state index in [1.807, 2.05) is 0 Å². The smallest absolute Gasteiger partial charge is 0.222 e. The first kappa shape index (κ1) is 16.8. The first-order valence-electron chi connectivity index (χ1n) is 7.73. The molecule has 0 bridgehead atoms. The normalized spacial score (nSPS) is 26.9. The SMILES string of the molecule is CCCCC(CC)CC(=O)N1C[C@H]2CNC[C@H]2C1.Cl. The van der Waals surface area contributed by atoms with Crippen LogP contribution in [0, 0.1) is 17.8 Å². The number of nitrogens with zero attached hydrogens (tertiary/aromatic N) is 1. The molecule has 1 N–H and O–H groups in total. The largest absolute Gasteiger partial charge is 0.342 e. The summed E-state index contributed by atoms with van der Waals surface area (Å²) in [6.07, 6.45) is 5.66. The Morgan fingerprint density at radius 3 is 2.42 bits per heavy atom. The van der Waals surface area contributed by atoms with Gasteiger partial charge in [-0.2, -0.15) is 0 Å². The summed E-state index contributed by atoms with van der Waals surface area (Å²) < 4.78 is 0. The Balaban J connectivity index is 0.00000180. The van der Waals surface area contributed by atoms with Crippen molar-refractivity contribution in [2.24, 2.45) is 17.8 Å². The van der Waals surface area contributed by atoms with Crippen molar-refractivity contribution in [1.82, 2.24) is 10.2 Å². The van der Waals surface area contributed by atoms with Gasteiger partial charge in [0.15, 0.2) is 0 Å². The lowest BCUT2D eigenvalue weighted by Gasteiger charge is -2.21. The summed E-state index contributed by atoms with van der Waals surface area (Å²) >= 11 is 0. The summed E-state index contributed by atoms with van der Waals surface area (Å²) in [6, 6.07) is 0. The van der Waals surface area contributed by atoms with E-state index in [0.29, 0.717) is 11.8 Å². The molecule has 0 spiro atoms. The van der Waals surface area contributed by atoms with Crippen LogP contribution in [0.15, 0.2) is 0 Å². The fourth-order valence-electron chi connectivity index (χ4n) is 3.38. The zero-order chi connectivity index (χ0) is 13.0.